The zero-order chi connectivity index (χ0) is 12.3. The Labute approximate surface area is 114 Å². The van der Waals surface area contributed by atoms with Crippen LogP contribution in [-0.4, -0.2) is 26.8 Å². The second-order valence-corrected chi connectivity index (χ2v) is 8.50. The lowest BCUT2D eigenvalue weighted by Gasteiger charge is -2.11. The molecule has 0 spiro atoms. The van der Waals surface area contributed by atoms with Gasteiger partial charge in [0.15, 0.2) is 0 Å². The number of thiophene rings is 1. The monoisotopic (exact) mass is 338 g/mol. The van der Waals surface area contributed by atoms with Crippen molar-refractivity contribution in [3.63, 3.8) is 0 Å². The smallest absolute Gasteiger partial charge is 0.213 e. The Kier molecular flexibility index (Phi) is 4.59. The van der Waals surface area contributed by atoms with Crippen LogP contribution in [0.3, 0.4) is 0 Å². The average Bonchev–Trinajstić information content (AvgIpc) is 2.86. The summed E-state index contributed by atoms with van der Waals surface area (Å²) in [5, 5.41) is 3.19. The van der Waals surface area contributed by atoms with Crippen LogP contribution in [0.4, 0.5) is 0 Å². The summed E-state index contributed by atoms with van der Waals surface area (Å²) in [6.45, 7) is 1.31. The van der Waals surface area contributed by atoms with Crippen molar-refractivity contribution in [2.24, 2.45) is 0 Å². The maximum absolute atomic E-state index is 11.8. The molecule has 1 unspecified atom stereocenters. The predicted molar refractivity (Wildman–Crippen MR) is 73.7 cm³/mol. The third-order valence-corrected chi connectivity index (χ3v) is 5.73. The van der Waals surface area contributed by atoms with Crippen LogP contribution < -0.4 is 10.0 Å². The van der Waals surface area contributed by atoms with Gasteiger partial charge in [-0.05, 0) is 47.4 Å². The van der Waals surface area contributed by atoms with Crippen molar-refractivity contribution in [3.05, 3.63) is 20.8 Å². The van der Waals surface area contributed by atoms with E-state index in [2.05, 4.69) is 26.0 Å². The molecule has 1 aliphatic rings. The minimum absolute atomic E-state index is 0.113. The zero-order valence-electron chi connectivity index (χ0n) is 9.28. The molecule has 0 radical (unpaired) electrons. The van der Waals surface area contributed by atoms with E-state index in [4.69, 9.17) is 0 Å². The van der Waals surface area contributed by atoms with Crippen molar-refractivity contribution in [2.75, 3.05) is 12.3 Å². The molecule has 1 aliphatic heterocycles. The van der Waals surface area contributed by atoms with Crippen LogP contribution in [0.25, 0.3) is 0 Å². The minimum atomic E-state index is -3.18. The molecule has 2 rings (SSSR count). The van der Waals surface area contributed by atoms with E-state index in [0.717, 1.165) is 28.0 Å². The molecule has 0 bridgehead atoms. The highest BCUT2D eigenvalue weighted by molar-refractivity contribution is 9.11. The molecule has 7 heteroatoms. The van der Waals surface area contributed by atoms with Gasteiger partial charge in [0.25, 0.3) is 0 Å². The Morgan fingerprint density at radius 1 is 1.53 bits per heavy atom. The maximum Gasteiger partial charge on any atom is 0.213 e. The summed E-state index contributed by atoms with van der Waals surface area (Å²) in [6, 6.07) is 3.96. The van der Waals surface area contributed by atoms with Gasteiger partial charge >= 0.3 is 0 Å². The van der Waals surface area contributed by atoms with Gasteiger partial charge in [-0.15, -0.1) is 11.3 Å². The number of rotatable bonds is 5. The largest absolute Gasteiger partial charge is 0.313 e. The van der Waals surface area contributed by atoms with Crippen LogP contribution in [0.5, 0.6) is 0 Å². The summed E-state index contributed by atoms with van der Waals surface area (Å²) < 4.78 is 27.3. The van der Waals surface area contributed by atoms with Gasteiger partial charge in [-0.3, -0.25) is 0 Å². The number of hydrogen-bond donors (Lipinski definition) is 2. The minimum Gasteiger partial charge on any atom is -0.313 e. The second kappa shape index (κ2) is 5.79. The second-order valence-electron chi connectivity index (χ2n) is 4.10. The molecule has 0 aliphatic carbocycles. The summed E-state index contributed by atoms with van der Waals surface area (Å²) in [5.41, 5.74) is 0. The van der Waals surface area contributed by atoms with Crippen molar-refractivity contribution in [2.45, 2.75) is 25.4 Å². The van der Waals surface area contributed by atoms with Crippen molar-refractivity contribution >= 4 is 37.3 Å². The third-order valence-electron chi connectivity index (χ3n) is 2.68. The molecule has 2 heterocycles. The molecule has 4 nitrogen and oxygen atoms in total. The van der Waals surface area contributed by atoms with Crippen molar-refractivity contribution < 1.29 is 8.42 Å². The molecule has 2 N–H and O–H groups in total. The first-order valence-corrected chi connectivity index (χ1v) is 8.76. The van der Waals surface area contributed by atoms with Crippen LogP contribution in [-0.2, 0) is 16.6 Å². The lowest BCUT2D eigenvalue weighted by Crippen LogP contribution is -2.36. The highest BCUT2D eigenvalue weighted by Gasteiger charge is 2.21. The molecular weight excluding hydrogens is 324 g/mol. The Hall–Kier alpha value is 0.0500. The van der Waals surface area contributed by atoms with Crippen LogP contribution >= 0.6 is 27.3 Å². The van der Waals surface area contributed by atoms with Crippen LogP contribution in [0.15, 0.2) is 15.9 Å². The fourth-order valence-corrected chi connectivity index (χ4v) is 4.67. The van der Waals surface area contributed by atoms with Gasteiger partial charge in [0.1, 0.15) is 0 Å². The third kappa shape index (κ3) is 4.33. The summed E-state index contributed by atoms with van der Waals surface area (Å²) in [4.78, 5) is 1.01. The molecule has 0 aromatic carbocycles. The van der Waals surface area contributed by atoms with E-state index >= 15 is 0 Å². The first kappa shape index (κ1) is 13.5. The number of nitrogens with one attached hydrogen (secondary N) is 2. The Morgan fingerprint density at radius 3 is 2.94 bits per heavy atom. The fourth-order valence-electron chi connectivity index (χ4n) is 1.85. The summed E-state index contributed by atoms with van der Waals surface area (Å²) >= 11 is 4.90. The van der Waals surface area contributed by atoms with Gasteiger partial charge in [0, 0.05) is 17.5 Å². The van der Waals surface area contributed by atoms with E-state index in [1.54, 1.807) is 11.3 Å². The molecule has 1 aromatic heterocycles. The van der Waals surface area contributed by atoms with Gasteiger partial charge in [-0.2, -0.15) is 0 Å². The fraction of sp³-hybridized carbons (Fsp3) is 0.600. The Bertz CT molecular complexity index is 466. The topological polar surface area (TPSA) is 58.2 Å². The van der Waals surface area contributed by atoms with Crippen LogP contribution in [0.2, 0.25) is 0 Å². The zero-order valence-corrected chi connectivity index (χ0v) is 12.5. The normalized spacial score (nSPS) is 20.9. The Balaban J connectivity index is 1.84. The van der Waals surface area contributed by atoms with Gasteiger partial charge in [0.05, 0.1) is 9.54 Å². The number of halogens is 1. The van der Waals surface area contributed by atoms with Gasteiger partial charge in [-0.1, -0.05) is 0 Å². The van der Waals surface area contributed by atoms with E-state index in [1.807, 2.05) is 12.1 Å². The summed E-state index contributed by atoms with van der Waals surface area (Å²) in [7, 11) is -3.18. The van der Waals surface area contributed by atoms with E-state index in [9.17, 15) is 8.42 Å². The van der Waals surface area contributed by atoms with Crippen LogP contribution in [0, 0.1) is 0 Å². The average molecular weight is 339 g/mol. The van der Waals surface area contributed by atoms with E-state index < -0.39 is 10.0 Å². The molecule has 1 atom stereocenters. The molecule has 0 amide bonds. The van der Waals surface area contributed by atoms with Crippen molar-refractivity contribution in [1.82, 2.24) is 10.0 Å². The highest BCUT2D eigenvalue weighted by Crippen LogP contribution is 2.21. The SMILES string of the molecule is O=S(=O)(CC1CCCN1)NCc1ccc(Br)s1. The first-order valence-electron chi connectivity index (χ1n) is 5.50. The standard InChI is InChI=1S/C10H15BrN2O2S2/c11-10-4-3-9(16-10)6-13-17(14,15)7-8-2-1-5-12-8/h3-4,8,12-13H,1-2,5-7H2. The predicted octanol–water partition coefficient (Wildman–Crippen LogP) is 1.68. The van der Waals surface area contributed by atoms with E-state index in [0.29, 0.717) is 6.54 Å². The molecule has 1 aromatic rings. The summed E-state index contributed by atoms with van der Waals surface area (Å²) in [5.74, 6) is 0.180. The van der Waals surface area contributed by atoms with E-state index in [1.165, 1.54) is 0 Å². The molecule has 1 saturated heterocycles. The number of hydrogen-bond acceptors (Lipinski definition) is 4. The van der Waals surface area contributed by atoms with Gasteiger partial charge < -0.3 is 5.32 Å². The van der Waals surface area contributed by atoms with Gasteiger partial charge in [0.2, 0.25) is 10.0 Å². The lowest BCUT2D eigenvalue weighted by molar-refractivity contribution is 0.564. The van der Waals surface area contributed by atoms with E-state index in [-0.39, 0.29) is 11.8 Å². The van der Waals surface area contributed by atoms with Gasteiger partial charge in [-0.25, -0.2) is 13.1 Å². The quantitative estimate of drug-likeness (QED) is 0.858. The van der Waals surface area contributed by atoms with Crippen LogP contribution in [0.1, 0.15) is 17.7 Å². The first-order chi connectivity index (χ1) is 8.05. The lowest BCUT2D eigenvalue weighted by atomic mass is 10.3. The van der Waals surface area contributed by atoms with Crippen molar-refractivity contribution in [1.29, 1.82) is 0 Å². The molecule has 1 fully saturated rings. The highest BCUT2D eigenvalue weighted by atomic mass is 79.9. The maximum atomic E-state index is 11.8. The molecule has 0 saturated carbocycles. The molecule has 17 heavy (non-hydrogen) atoms. The Morgan fingerprint density at radius 2 is 2.35 bits per heavy atom. The summed E-state index contributed by atoms with van der Waals surface area (Å²) in [6.07, 6.45) is 2.02. The number of sulfonamides is 1. The molecule has 96 valence electrons. The molecular formula is C10H15BrN2O2S2. The van der Waals surface area contributed by atoms with Crippen molar-refractivity contribution in [3.8, 4) is 0 Å².